The lowest BCUT2D eigenvalue weighted by Crippen LogP contribution is -2.44. The maximum atomic E-state index is 12.4. The van der Waals surface area contributed by atoms with E-state index in [4.69, 9.17) is 9.16 Å². The van der Waals surface area contributed by atoms with Crippen molar-refractivity contribution in [1.29, 1.82) is 0 Å². The van der Waals surface area contributed by atoms with Crippen LogP contribution in [0, 0.1) is 0 Å². The number of rotatable bonds is 12. The van der Waals surface area contributed by atoms with Crippen LogP contribution in [0.3, 0.4) is 0 Å². The molecule has 0 saturated heterocycles. The van der Waals surface area contributed by atoms with Gasteiger partial charge in [0.2, 0.25) is 8.32 Å². The van der Waals surface area contributed by atoms with E-state index in [1.807, 2.05) is 24.3 Å². The van der Waals surface area contributed by atoms with Gasteiger partial charge in [0.25, 0.3) is 11.8 Å². The number of aliphatic carboxylic acids is 1. The van der Waals surface area contributed by atoms with E-state index in [0.29, 0.717) is 23.1 Å². The number of carboxylic acid groups (broad SMARTS) is 1. The van der Waals surface area contributed by atoms with Gasteiger partial charge in [-0.3, -0.25) is 19.6 Å². The minimum Gasteiger partial charge on any atom is -0.544 e. The van der Waals surface area contributed by atoms with E-state index in [0.717, 1.165) is 11.3 Å². The number of phenolic OH excluding ortho intramolecular Hbond substituents is 1. The van der Waals surface area contributed by atoms with Crippen molar-refractivity contribution in [3.05, 3.63) is 120 Å². The highest BCUT2D eigenvalue weighted by Gasteiger charge is 2.39. The number of pyridine rings is 2. The highest BCUT2D eigenvalue weighted by Crippen LogP contribution is 2.37. The number of benzene rings is 2. The van der Waals surface area contributed by atoms with Crippen LogP contribution < -0.4 is 15.1 Å². The fourth-order valence-electron chi connectivity index (χ4n) is 4.26. The first-order valence-electron chi connectivity index (χ1n) is 15.9. The zero-order valence-corrected chi connectivity index (χ0v) is 30.0. The van der Waals surface area contributed by atoms with Gasteiger partial charge in [0, 0.05) is 37.6 Å². The number of nitrogens with zero attached hydrogens (tertiary/aromatic N) is 2. The Kier molecular flexibility index (Phi) is 13.8. The third-order valence-corrected chi connectivity index (χ3v) is 12.5. The summed E-state index contributed by atoms with van der Waals surface area (Å²) in [4.78, 5) is 55.5. The summed E-state index contributed by atoms with van der Waals surface area (Å²) in [6.45, 7) is 11.0. The third kappa shape index (κ3) is 11.8. The maximum absolute atomic E-state index is 12.4. The van der Waals surface area contributed by atoms with E-state index >= 15 is 0 Å². The summed E-state index contributed by atoms with van der Waals surface area (Å²) in [7, 11) is -0.608. The van der Waals surface area contributed by atoms with E-state index in [2.05, 4.69) is 54.5 Å². The Morgan fingerprint density at radius 2 is 1.22 bits per heavy atom. The molecule has 4 rings (SSSR count). The highest BCUT2D eigenvalue weighted by atomic mass is 28.4. The van der Waals surface area contributed by atoms with Gasteiger partial charge in [-0.05, 0) is 77.8 Å². The molecule has 13 heteroatoms. The van der Waals surface area contributed by atoms with E-state index in [9.17, 15) is 29.4 Å². The molecule has 0 bridgehead atoms. The first-order valence-corrected chi connectivity index (χ1v) is 18.8. The third-order valence-electron chi connectivity index (χ3n) is 8.16. The number of amides is 2. The Hall–Kier alpha value is -5.56. The van der Waals surface area contributed by atoms with Crippen LogP contribution in [0.1, 0.15) is 52.6 Å². The van der Waals surface area contributed by atoms with E-state index in [-0.39, 0.29) is 23.1 Å². The number of hydrogen-bond donors (Lipinski definition) is 4. The Balaban J connectivity index is 0.000000284. The summed E-state index contributed by atoms with van der Waals surface area (Å²) < 4.78 is 11.1. The number of phenols is 1. The quantitative estimate of drug-likeness (QED) is 0.114. The summed E-state index contributed by atoms with van der Waals surface area (Å²) >= 11 is 0. The summed E-state index contributed by atoms with van der Waals surface area (Å²) in [6, 6.07) is 18.4. The normalized spacial score (nSPS) is 12.3. The fourth-order valence-corrected chi connectivity index (χ4v) is 5.29. The van der Waals surface area contributed by atoms with Gasteiger partial charge in [-0.1, -0.05) is 45.0 Å². The predicted octanol–water partition coefficient (Wildman–Crippen LogP) is 5.19. The number of nitrogens with one attached hydrogen (secondary N) is 2. The second kappa shape index (κ2) is 17.7. The van der Waals surface area contributed by atoms with Crippen LogP contribution in [0.4, 0.5) is 0 Å². The Morgan fingerprint density at radius 3 is 1.64 bits per heavy atom. The number of aromatic nitrogens is 2. The van der Waals surface area contributed by atoms with Gasteiger partial charge >= 0.3 is 11.9 Å². The lowest BCUT2D eigenvalue weighted by Gasteiger charge is -2.36. The molecule has 0 radical (unpaired) electrons. The minimum atomic E-state index is -1.92. The molecule has 0 saturated carbocycles. The van der Waals surface area contributed by atoms with Crippen LogP contribution in [-0.4, -0.2) is 71.4 Å². The molecule has 0 aliphatic carbocycles. The summed E-state index contributed by atoms with van der Waals surface area (Å²) in [5.74, 6) is -1.57. The molecule has 2 heterocycles. The average molecular weight is 701 g/mol. The van der Waals surface area contributed by atoms with Crippen molar-refractivity contribution in [3.8, 4) is 11.5 Å². The van der Waals surface area contributed by atoms with Gasteiger partial charge in [-0.2, -0.15) is 0 Å². The van der Waals surface area contributed by atoms with Crippen LogP contribution >= 0.6 is 0 Å². The zero-order chi connectivity index (χ0) is 36.9. The van der Waals surface area contributed by atoms with Crippen molar-refractivity contribution in [2.45, 2.75) is 63.8 Å². The highest BCUT2D eigenvalue weighted by molar-refractivity contribution is 6.74. The summed E-state index contributed by atoms with van der Waals surface area (Å²) in [5, 5.41) is 23.7. The number of esters is 1. The molecule has 2 amide bonds. The standard InChI is InChI=1S/C22H30N2O4Si.C15H14N2O4/c1-22(2,3)29(5,6)28-18-11-9-16(10-12-18)14-19(21(26)27-4)24-20(25)17-8-7-13-23-15-17;18-12-5-3-10(4-6-12)8-13(15(20)21)17-14(19)11-2-1-7-16-9-11/h7-13,15,19H,14H2,1-6H3,(H,24,25);1-7,9,13,18H,8H2,(H,17,19)(H,20,21). The largest absolute Gasteiger partial charge is 0.544 e. The van der Waals surface area contributed by atoms with Gasteiger partial charge < -0.3 is 30.0 Å². The molecule has 0 fully saturated rings. The van der Waals surface area contributed by atoms with Gasteiger partial charge in [-0.15, -0.1) is 0 Å². The van der Waals surface area contributed by atoms with E-state index in [1.165, 1.54) is 37.8 Å². The number of carboxylic acids is 1. The topological polar surface area (TPSA) is 177 Å². The van der Waals surface area contributed by atoms with Crippen molar-refractivity contribution in [2.24, 2.45) is 0 Å². The number of methoxy groups -OCH3 is 1. The number of ether oxygens (including phenoxy) is 1. The first-order chi connectivity index (χ1) is 23.6. The molecule has 0 aliphatic heterocycles. The Labute approximate surface area is 293 Å². The van der Waals surface area contributed by atoms with E-state index in [1.54, 1.807) is 42.6 Å². The second-order valence-corrected chi connectivity index (χ2v) is 17.7. The molecular formula is C37H44N4O8Si. The molecule has 2 atom stereocenters. The molecule has 0 spiro atoms. The molecule has 4 N–H and O–H groups in total. The number of carbonyl (C=O) groups excluding carboxylic acids is 3. The van der Waals surface area contributed by atoms with E-state index < -0.39 is 38.2 Å². The summed E-state index contributed by atoms with van der Waals surface area (Å²) in [6.07, 6.45) is 6.38. The van der Waals surface area contributed by atoms with Crippen molar-refractivity contribution in [1.82, 2.24) is 20.6 Å². The molecule has 2 aromatic heterocycles. The zero-order valence-electron chi connectivity index (χ0n) is 29.0. The summed E-state index contributed by atoms with van der Waals surface area (Å²) in [5.41, 5.74) is 2.29. The Bertz CT molecular complexity index is 1710. The lowest BCUT2D eigenvalue weighted by molar-refractivity contribution is -0.143. The molecule has 2 unspecified atom stereocenters. The van der Waals surface area contributed by atoms with Crippen LogP contribution in [0.5, 0.6) is 11.5 Å². The van der Waals surface area contributed by atoms with Gasteiger partial charge in [0.1, 0.15) is 23.6 Å². The molecular weight excluding hydrogens is 657 g/mol. The number of carbonyl (C=O) groups is 4. The monoisotopic (exact) mass is 700 g/mol. The van der Waals surface area contributed by atoms with Gasteiger partial charge in [0.05, 0.1) is 18.2 Å². The van der Waals surface area contributed by atoms with Crippen LogP contribution in [0.2, 0.25) is 18.1 Å². The maximum Gasteiger partial charge on any atom is 0.328 e. The molecule has 12 nitrogen and oxygen atoms in total. The first kappa shape index (κ1) is 38.9. The Morgan fingerprint density at radius 1 is 0.760 bits per heavy atom. The van der Waals surface area contributed by atoms with Crippen molar-refractivity contribution in [2.75, 3.05) is 7.11 Å². The smallest absolute Gasteiger partial charge is 0.328 e. The lowest BCUT2D eigenvalue weighted by atomic mass is 10.1. The number of aromatic hydroxyl groups is 1. The van der Waals surface area contributed by atoms with Crippen molar-refractivity contribution < 1.29 is 38.6 Å². The minimum absolute atomic E-state index is 0.102. The predicted molar refractivity (Wildman–Crippen MR) is 190 cm³/mol. The SMILES string of the molecule is COC(=O)C(Cc1ccc(O[Si](C)(C)C(C)(C)C)cc1)NC(=O)c1cccnc1.O=C(NC(Cc1ccc(O)cc1)C(=O)O)c1cccnc1. The molecule has 50 heavy (non-hydrogen) atoms. The van der Waals surface area contributed by atoms with Gasteiger partial charge in [-0.25, -0.2) is 9.59 Å². The molecule has 264 valence electrons. The number of hydrogen-bond acceptors (Lipinski definition) is 9. The molecule has 2 aromatic carbocycles. The van der Waals surface area contributed by atoms with Crippen molar-refractivity contribution >= 4 is 32.1 Å². The average Bonchev–Trinajstić information content (AvgIpc) is 3.09. The fraction of sp³-hybridized carbons (Fsp3) is 0.297. The van der Waals surface area contributed by atoms with Crippen LogP contribution in [0.25, 0.3) is 0 Å². The van der Waals surface area contributed by atoms with Crippen LogP contribution in [0.15, 0.2) is 97.6 Å². The second-order valence-electron chi connectivity index (χ2n) is 13.0. The van der Waals surface area contributed by atoms with Crippen molar-refractivity contribution in [3.63, 3.8) is 0 Å². The van der Waals surface area contributed by atoms with Crippen LogP contribution in [-0.2, 0) is 27.2 Å². The van der Waals surface area contributed by atoms with Gasteiger partial charge in [0.15, 0.2) is 0 Å². The molecule has 4 aromatic rings. The molecule has 0 aliphatic rings.